The van der Waals surface area contributed by atoms with E-state index in [-0.39, 0.29) is 0 Å². The maximum atomic E-state index is 5.65. The second kappa shape index (κ2) is 6.73. The Morgan fingerprint density at radius 2 is 2.19 bits per heavy atom. The number of furan rings is 1. The molecule has 21 heavy (non-hydrogen) atoms. The van der Waals surface area contributed by atoms with Crippen LogP contribution in [0.15, 0.2) is 22.8 Å². The Hall–Kier alpha value is -1.17. The Balaban J connectivity index is 1.61. The van der Waals surface area contributed by atoms with Gasteiger partial charge < -0.3 is 9.73 Å². The monoisotopic (exact) mass is 305 g/mol. The van der Waals surface area contributed by atoms with Crippen molar-refractivity contribution >= 4 is 11.3 Å². The first-order chi connectivity index (χ1) is 10.2. The topological polar surface area (TPSA) is 41.3 Å². The van der Waals surface area contributed by atoms with Crippen LogP contribution in [0.3, 0.4) is 0 Å². The van der Waals surface area contributed by atoms with Gasteiger partial charge in [-0.2, -0.15) is 0 Å². The normalized spacial score (nSPS) is 17.4. The molecule has 3 rings (SSSR count). The van der Waals surface area contributed by atoms with Gasteiger partial charge in [-0.3, -0.25) is 4.90 Å². The predicted octanol–water partition coefficient (Wildman–Crippen LogP) is 3.28. The van der Waals surface area contributed by atoms with E-state index in [1.807, 2.05) is 6.07 Å². The number of nitrogens with one attached hydrogen (secondary N) is 1. The van der Waals surface area contributed by atoms with E-state index in [4.69, 9.17) is 4.42 Å². The Morgan fingerprint density at radius 1 is 1.38 bits per heavy atom. The molecule has 1 aliphatic heterocycles. The van der Waals surface area contributed by atoms with Crippen molar-refractivity contribution in [3.8, 4) is 0 Å². The summed E-state index contributed by atoms with van der Waals surface area (Å²) >= 11 is 1.79. The lowest BCUT2D eigenvalue weighted by atomic mass is 10.2. The number of rotatable bonds is 6. The highest BCUT2D eigenvalue weighted by atomic mass is 32.1. The highest BCUT2D eigenvalue weighted by Crippen LogP contribution is 2.25. The van der Waals surface area contributed by atoms with Gasteiger partial charge in [-0.15, -0.1) is 11.3 Å². The van der Waals surface area contributed by atoms with Crippen molar-refractivity contribution in [3.63, 3.8) is 0 Å². The molecule has 114 valence electrons. The van der Waals surface area contributed by atoms with Crippen molar-refractivity contribution in [1.29, 1.82) is 0 Å². The minimum Gasteiger partial charge on any atom is -0.468 e. The van der Waals surface area contributed by atoms with Gasteiger partial charge >= 0.3 is 0 Å². The van der Waals surface area contributed by atoms with E-state index in [1.165, 1.54) is 30.8 Å². The molecule has 0 aliphatic carbocycles. The summed E-state index contributed by atoms with van der Waals surface area (Å²) in [4.78, 5) is 8.35. The lowest BCUT2D eigenvalue weighted by Crippen LogP contribution is -2.33. The van der Waals surface area contributed by atoms with Crippen molar-refractivity contribution in [2.24, 2.45) is 0 Å². The Bertz CT molecular complexity index is 558. The first-order valence-corrected chi connectivity index (χ1v) is 8.47. The van der Waals surface area contributed by atoms with Crippen LogP contribution < -0.4 is 5.32 Å². The van der Waals surface area contributed by atoms with Crippen LogP contribution in [0.5, 0.6) is 0 Å². The van der Waals surface area contributed by atoms with Crippen molar-refractivity contribution in [2.75, 3.05) is 19.6 Å². The van der Waals surface area contributed by atoms with Crippen molar-refractivity contribution < 1.29 is 4.42 Å². The molecular formula is C16H23N3OS. The molecule has 1 saturated heterocycles. The maximum absolute atomic E-state index is 5.65. The van der Waals surface area contributed by atoms with E-state index in [0.29, 0.717) is 6.04 Å². The number of likely N-dealkylation sites (tertiary alicyclic amines) is 1. The van der Waals surface area contributed by atoms with Gasteiger partial charge in [0, 0.05) is 18.0 Å². The molecule has 0 spiro atoms. The molecule has 2 aromatic heterocycles. The molecule has 2 aromatic rings. The molecule has 1 aliphatic rings. The minimum absolute atomic E-state index is 0.344. The second-order valence-corrected chi connectivity index (χ2v) is 6.93. The van der Waals surface area contributed by atoms with E-state index in [0.717, 1.165) is 29.6 Å². The summed E-state index contributed by atoms with van der Waals surface area (Å²) in [6, 6.07) is 4.42. The van der Waals surface area contributed by atoms with E-state index in [9.17, 15) is 0 Å². The molecule has 0 saturated carbocycles. The number of aryl methyl sites for hydroxylation is 2. The molecule has 1 fully saturated rings. The number of nitrogens with zero attached hydrogens (tertiary/aromatic N) is 2. The molecule has 0 aromatic carbocycles. The molecule has 3 heterocycles. The predicted molar refractivity (Wildman–Crippen MR) is 85.6 cm³/mol. The van der Waals surface area contributed by atoms with Gasteiger partial charge in [-0.05, 0) is 51.9 Å². The molecule has 4 nitrogen and oxygen atoms in total. The van der Waals surface area contributed by atoms with Crippen LogP contribution in [-0.4, -0.2) is 29.5 Å². The maximum Gasteiger partial charge on any atom is 0.122 e. The van der Waals surface area contributed by atoms with E-state index in [1.54, 1.807) is 17.6 Å². The smallest absolute Gasteiger partial charge is 0.122 e. The quantitative estimate of drug-likeness (QED) is 0.889. The van der Waals surface area contributed by atoms with Crippen LogP contribution >= 0.6 is 11.3 Å². The summed E-state index contributed by atoms with van der Waals surface area (Å²) in [5.74, 6) is 1.07. The van der Waals surface area contributed by atoms with Crippen LogP contribution in [-0.2, 0) is 6.54 Å². The molecule has 5 heteroatoms. The standard InChI is InChI=1S/C16H23N3OS/c1-12-16(21-13(2)18-12)11-17-10-14(15-6-5-9-20-15)19-7-3-4-8-19/h5-6,9,14,17H,3-4,7-8,10-11H2,1-2H3. The number of aromatic nitrogens is 1. The zero-order chi connectivity index (χ0) is 14.7. The number of hydrogen-bond acceptors (Lipinski definition) is 5. The minimum atomic E-state index is 0.344. The Morgan fingerprint density at radius 3 is 2.81 bits per heavy atom. The third-order valence-electron chi connectivity index (χ3n) is 4.08. The SMILES string of the molecule is Cc1nc(C)c(CNCC(c2ccco2)N2CCCC2)s1. The largest absolute Gasteiger partial charge is 0.468 e. The second-order valence-electron chi connectivity index (χ2n) is 5.65. The third-order valence-corrected chi connectivity index (χ3v) is 5.15. The third kappa shape index (κ3) is 3.54. The van der Waals surface area contributed by atoms with E-state index in [2.05, 4.69) is 35.1 Å². The van der Waals surface area contributed by atoms with Crippen LogP contribution in [0.4, 0.5) is 0 Å². The first kappa shape index (κ1) is 14.8. The van der Waals surface area contributed by atoms with Crippen molar-refractivity contribution in [2.45, 2.75) is 39.3 Å². The molecular weight excluding hydrogens is 282 g/mol. The van der Waals surface area contributed by atoms with Crippen molar-refractivity contribution in [3.05, 3.63) is 39.7 Å². The summed E-state index contributed by atoms with van der Waals surface area (Å²) in [5.41, 5.74) is 1.15. The van der Waals surface area contributed by atoms with Gasteiger partial charge in [0.25, 0.3) is 0 Å². The molecule has 0 radical (unpaired) electrons. The van der Waals surface area contributed by atoms with Gasteiger partial charge in [-0.25, -0.2) is 4.98 Å². The van der Waals surface area contributed by atoms with Crippen molar-refractivity contribution in [1.82, 2.24) is 15.2 Å². The highest BCUT2D eigenvalue weighted by Gasteiger charge is 2.25. The fourth-order valence-corrected chi connectivity index (χ4v) is 3.91. The average molecular weight is 305 g/mol. The van der Waals surface area contributed by atoms with Gasteiger partial charge in [0.2, 0.25) is 0 Å². The van der Waals surface area contributed by atoms with Crippen LogP contribution in [0.2, 0.25) is 0 Å². The zero-order valence-corrected chi connectivity index (χ0v) is 13.6. The highest BCUT2D eigenvalue weighted by molar-refractivity contribution is 7.11. The summed E-state index contributed by atoms with van der Waals surface area (Å²) < 4.78 is 5.65. The number of thiazole rings is 1. The van der Waals surface area contributed by atoms with Gasteiger partial charge in [0.05, 0.1) is 23.0 Å². The van der Waals surface area contributed by atoms with Crippen LogP contribution in [0.1, 0.15) is 40.2 Å². The molecule has 1 unspecified atom stereocenters. The zero-order valence-electron chi connectivity index (χ0n) is 12.8. The van der Waals surface area contributed by atoms with E-state index >= 15 is 0 Å². The summed E-state index contributed by atoms with van der Waals surface area (Å²) in [5, 5.41) is 4.73. The van der Waals surface area contributed by atoms with E-state index < -0.39 is 0 Å². The lowest BCUT2D eigenvalue weighted by Gasteiger charge is -2.26. The van der Waals surface area contributed by atoms with Gasteiger partial charge in [-0.1, -0.05) is 0 Å². The summed E-state index contributed by atoms with van der Waals surface area (Å²) in [6.45, 7) is 8.31. The fourth-order valence-electron chi connectivity index (χ4n) is 3.00. The molecule has 1 atom stereocenters. The van der Waals surface area contributed by atoms with Gasteiger partial charge in [0.1, 0.15) is 5.76 Å². The van der Waals surface area contributed by atoms with Gasteiger partial charge in [0.15, 0.2) is 0 Å². The Labute approximate surface area is 130 Å². The average Bonchev–Trinajstić information content (AvgIpc) is 3.17. The van der Waals surface area contributed by atoms with Crippen LogP contribution in [0.25, 0.3) is 0 Å². The number of hydrogen-bond donors (Lipinski definition) is 1. The molecule has 1 N–H and O–H groups in total. The lowest BCUT2D eigenvalue weighted by molar-refractivity contribution is 0.209. The molecule has 0 bridgehead atoms. The molecule has 0 amide bonds. The first-order valence-electron chi connectivity index (χ1n) is 7.65. The fraction of sp³-hybridized carbons (Fsp3) is 0.562. The van der Waals surface area contributed by atoms with Crippen LogP contribution in [0, 0.1) is 13.8 Å². The summed E-state index contributed by atoms with van der Waals surface area (Å²) in [6.07, 6.45) is 4.36. The summed E-state index contributed by atoms with van der Waals surface area (Å²) in [7, 11) is 0. The Kier molecular flexibility index (Phi) is 4.73.